The SMILES string of the molecule is CC(C)(C)n1cc(N)c(-c2ccc(F)c(Cl)c2)n1. The van der Waals surface area contributed by atoms with Crippen molar-refractivity contribution in [3.8, 4) is 11.3 Å². The van der Waals surface area contributed by atoms with Crippen molar-refractivity contribution in [2.75, 3.05) is 5.73 Å². The van der Waals surface area contributed by atoms with E-state index in [0.717, 1.165) is 0 Å². The largest absolute Gasteiger partial charge is 0.396 e. The number of hydrogen-bond acceptors (Lipinski definition) is 2. The first kappa shape index (κ1) is 12.9. The molecule has 1 heterocycles. The van der Waals surface area contributed by atoms with Crippen LogP contribution in [0.25, 0.3) is 11.3 Å². The van der Waals surface area contributed by atoms with Crippen LogP contribution in [0.5, 0.6) is 0 Å². The van der Waals surface area contributed by atoms with Crippen LogP contribution in [0.15, 0.2) is 24.4 Å². The maximum Gasteiger partial charge on any atom is 0.141 e. The van der Waals surface area contributed by atoms with E-state index in [1.807, 2.05) is 20.8 Å². The van der Waals surface area contributed by atoms with Crippen LogP contribution in [-0.2, 0) is 5.54 Å². The molecule has 1 aromatic carbocycles. The van der Waals surface area contributed by atoms with Gasteiger partial charge in [0.2, 0.25) is 0 Å². The summed E-state index contributed by atoms with van der Waals surface area (Å²) >= 11 is 5.76. The zero-order valence-corrected chi connectivity index (χ0v) is 11.3. The van der Waals surface area contributed by atoms with Crippen molar-refractivity contribution in [3.63, 3.8) is 0 Å². The summed E-state index contributed by atoms with van der Waals surface area (Å²) in [6, 6.07) is 4.46. The highest BCUT2D eigenvalue weighted by molar-refractivity contribution is 6.31. The molecule has 0 fully saturated rings. The minimum absolute atomic E-state index is 0.0669. The number of nitrogen functional groups attached to an aromatic ring is 1. The normalized spacial score (nSPS) is 11.8. The molecule has 0 aliphatic heterocycles. The Morgan fingerprint density at radius 2 is 2.00 bits per heavy atom. The molecule has 18 heavy (non-hydrogen) atoms. The molecule has 2 aromatic rings. The number of halogens is 2. The maximum absolute atomic E-state index is 13.1. The van der Waals surface area contributed by atoms with E-state index in [-0.39, 0.29) is 10.6 Å². The van der Waals surface area contributed by atoms with Gasteiger partial charge in [-0.2, -0.15) is 5.10 Å². The van der Waals surface area contributed by atoms with Gasteiger partial charge < -0.3 is 5.73 Å². The van der Waals surface area contributed by atoms with Crippen molar-refractivity contribution in [1.29, 1.82) is 0 Å². The van der Waals surface area contributed by atoms with Gasteiger partial charge in [-0.3, -0.25) is 4.68 Å². The van der Waals surface area contributed by atoms with Crippen molar-refractivity contribution in [3.05, 3.63) is 35.2 Å². The predicted molar refractivity (Wildman–Crippen MR) is 72.0 cm³/mol. The molecule has 2 rings (SSSR count). The second-order valence-corrected chi connectivity index (χ2v) is 5.58. The van der Waals surface area contributed by atoms with E-state index >= 15 is 0 Å². The molecule has 2 N–H and O–H groups in total. The average molecular weight is 268 g/mol. The lowest BCUT2D eigenvalue weighted by molar-refractivity contribution is 0.356. The molecule has 96 valence electrons. The number of anilines is 1. The summed E-state index contributed by atoms with van der Waals surface area (Å²) in [7, 11) is 0. The number of hydrogen-bond donors (Lipinski definition) is 1. The monoisotopic (exact) mass is 267 g/mol. The van der Waals surface area contributed by atoms with Crippen LogP contribution in [0.3, 0.4) is 0 Å². The first-order valence-corrected chi connectivity index (χ1v) is 5.98. The minimum Gasteiger partial charge on any atom is -0.396 e. The lowest BCUT2D eigenvalue weighted by Gasteiger charge is -2.18. The van der Waals surface area contributed by atoms with Gasteiger partial charge in [-0.1, -0.05) is 11.6 Å². The Morgan fingerprint density at radius 3 is 2.50 bits per heavy atom. The van der Waals surface area contributed by atoms with E-state index in [1.165, 1.54) is 12.1 Å². The van der Waals surface area contributed by atoms with Gasteiger partial charge in [0, 0.05) is 11.8 Å². The van der Waals surface area contributed by atoms with Gasteiger partial charge in [-0.25, -0.2) is 4.39 Å². The van der Waals surface area contributed by atoms with Gasteiger partial charge in [0.1, 0.15) is 11.5 Å². The molecule has 0 saturated heterocycles. The van der Waals surface area contributed by atoms with Gasteiger partial charge in [-0.15, -0.1) is 0 Å². The van der Waals surface area contributed by atoms with Crippen molar-refractivity contribution < 1.29 is 4.39 Å². The predicted octanol–water partition coefficient (Wildman–Crippen LogP) is 3.68. The molecular formula is C13H15ClFN3. The molecule has 0 saturated carbocycles. The number of nitrogens with two attached hydrogens (primary N) is 1. The summed E-state index contributed by atoms with van der Waals surface area (Å²) < 4.78 is 14.9. The molecule has 0 amide bonds. The Morgan fingerprint density at radius 1 is 1.33 bits per heavy atom. The standard InChI is InChI=1S/C13H15ClFN3/c1-13(2,3)18-7-11(16)12(17-18)8-4-5-10(15)9(14)6-8/h4-7H,16H2,1-3H3. The zero-order valence-electron chi connectivity index (χ0n) is 10.5. The van der Waals surface area contributed by atoms with Crippen molar-refractivity contribution in [2.45, 2.75) is 26.3 Å². The minimum atomic E-state index is -0.450. The lowest BCUT2D eigenvalue weighted by Crippen LogP contribution is -2.22. The molecule has 0 bridgehead atoms. The van der Waals surface area contributed by atoms with E-state index in [2.05, 4.69) is 5.10 Å². The van der Waals surface area contributed by atoms with E-state index in [0.29, 0.717) is 16.9 Å². The molecule has 0 spiro atoms. The van der Waals surface area contributed by atoms with E-state index in [4.69, 9.17) is 17.3 Å². The third-order valence-electron chi connectivity index (χ3n) is 2.62. The summed E-state index contributed by atoms with van der Waals surface area (Å²) in [5.74, 6) is -0.450. The summed E-state index contributed by atoms with van der Waals surface area (Å²) in [5.41, 5.74) is 7.66. The highest BCUT2D eigenvalue weighted by atomic mass is 35.5. The van der Waals surface area contributed by atoms with Crippen LogP contribution in [0.1, 0.15) is 20.8 Å². The fourth-order valence-electron chi connectivity index (χ4n) is 1.60. The Hall–Kier alpha value is -1.55. The van der Waals surface area contributed by atoms with Gasteiger partial charge in [0.05, 0.1) is 16.2 Å². The summed E-state index contributed by atoms with van der Waals surface area (Å²) in [4.78, 5) is 0. The average Bonchev–Trinajstić information content (AvgIpc) is 2.64. The van der Waals surface area contributed by atoms with Gasteiger partial charge in [-0.05, 0) is 39.0 Å². The van der Waals surface area contributed by atoms with Crippen molar-refractivity contribution >= 4 is 17.3 Å². The number of nitrogens with zero attached hydrogens (tertiary/aromatic N) is 2. The van der Waals surface area contributed by atoms with Crippen LogP contribution in [0.2, 0.25) is 5.02 Å². The van der Waals surface area contributed by atoms with Crippen LogP contribution in [0, 0.1) is 5.82 Å². The highest BCUT2D eigenvalue weighted by Crippen LogP contribution is 2.29. The third kappa shape index (κ3) is 2.34. The van der Waals surface area contributed by atoms with Crippen LogP contribution >= 0.6 is 11.6 Å². The Bertz CT molecular complexity index is 584. The molecule has 0 aliphatic rings. The lowest BCUT2D eigenvalue weighted by atomic mass is 10.1. The second kappa shape index (κ2) is 4.28. The smallest absolute Gasteiger partial charge is 0.141 e. The number of rotatable bonds is 1. The fourth-order valence-corrected chi connectivity index (χ4v) is 1.78. The summed E-state index contributed by atoms with van der Waals surface area (Å²) in [6.45, 7) is 6.09. The van der Waals surface area contributed by atoms with Crippen LogP contribution in [-0.4, -0.2) is 9.78 Å². The zero-order chi connectivity index (χ0) is 13.5. The maximum atomic E-state index is 13.1. The quantitative estimate of drug-likeness (QED) is 0.857. The molecule has 5 heteroatoms. The first-order valence-electron chi connectivity index (χ1n) is 5.60. The molecule has 0 atom stereocenters. The van der Waals surface area contributed by atoms with Crippen molar-refractivity contribution in [1.82, 2.24) is 9.78 Å². The number of benzene rings is 1. The van der Waals surface area contributed by atoms with E-state index in [1.54, 1.807) is 16.9 Å². The molecule has 0 radical (unpaired) electrons. The third-order valence-corrected chi connectivity index (χ3v) is 2.91. The van der Waals surface area contributed by atoms with Gasteiger partial charge in [0.25, 0.3) is 0 Å². The fraction of sp³-hybridized carbons (Fsp3) is 0.308. The molecule has 0 unspecified atom stereocenters. The van der Waals surface area contributed by atoms with E-state index < -0.39 is 5.82 Å². The second-order valence-electron chi connectivity index (χ2n) is 5.18. The van der Waals surface area contributed by atoms with Crippen LogP contribution < -0.4 is 5.73 Å². The Kier molecular flexibility index (Phi) is 3.07. The highest BCUT2D eigenvalue weighted by Gasteiger charge is 2.18. The van der Waals surface area contributed by atoms with Crippen molar-refractivity contribution in [2.24, 2.45) is 0 Å². The van der Waals surface area contributed by atoms with Crippen LogP contribution in [0.4, 0.5) is 10.1 Å². The van der Waals surface area contributed by atoms with Gasteiger partial charge >= 0.3 is 0 Å². The summed E-state index contributed by atoms with van der Waals surface area (Å²) in [5, 5.41) is 4.50. The Labute approximate surface area is 110 Å². The molecular weight excluding hydrogens is 253 g/mol. The molecule has 3 nitrogen and oxygen atoms in total. The first-order chi connectivity index (χ1) is 8.29. The number of aromatic nitrogens is 2. The summed E-state index contributed by atoms with van der Waals surface area (Å²) in [6.07, 6.45) is 1.77. The topological polar surface area (TPSA) is 43.8 Å². The molecule has 0 aliphatic carbocycles. The molecule has 1 aromatic heterocycles. The van der Waals surface area contributed by atoms with E-state index in [9.17, 15) is 4.39 Å². The Balaban J connectivity index is 2.51. The van der Waals surface area contributed by atoms with Gasteiger partial charge in [0.15, 0.2) is 0 Å².